The smallest absolute Gasteiger partial charge is 0.406 e. The Hall–Kier alpha value is -2.47. The molecule has 0 amide bonds. The number of hydrogen-bond donors (Lipinski definition) is 2. The van der Waals surface area contributed by atoms with Crippen LogP contribution in [0.4, 0.5) is 13.2 Å². The summed E-state index contributed by atoms with van der Waals surface area (Å²) in [7, 11) is 0. The molecule has 0 saturated carbocycles. The maximum absolute atomic E-state index is 12.1. The van der Waals surface area contributed by atoms with E-state index >= 15 is 0 Å². The number of aromatic nitrogens is 1. The maximum atomic E-state index is 12.1. The van der Waals surface area contributed by atoms with Crippen molar-refractivity contribution in [3.8, 4) is 5.75 Å². The second-order valence-electron chi connectivity index (χ2n) is 4.92. The van der Waals surface area contributed by atoms with Crippen LogP contribution in [0.5, 0.6) is 5.75 Å². The third-order valence-electron chi connectivity index (χ3n) is 3.41. The van der Waals surface area contributed by atoms with Crippen LogP contribution >= 0.6 is 0 Å². The largest absolute Gasteiger partial charge is 0.573 e. The fourth-order valence-electron chi connectivity index (χ4n) is 2.33. The summed E-state index contributed by atoms with van der Waals surface area (Å²) in [4.78, 5) is 3.10. The zero-order valence-corrected chi connectivity index (χ0v) is 11.4. The van der Waals surface area contributed by atoms with Gasteiger partial charge in [0.2, 0.25) is 0 Å². The average Bonchev–Trinajstić information content (AvgIpc) is 2.93. The first-order valence-corrected chi connectivity index (χ1v) is 6.61. The van der Waals surface area contributed by atoms with Gasteiger partial charge in [-0.3, -0.25) is 0 Å². The van der Waals surface area contributed by atoms with Gasteiger partial charge in [0.15, 0.2) is 0 Å². The van der Waals surface area contributed by atoms with E-state index in [1.165, 1.54) is 24.3 Å². The molecule has 0 radical (unpaired) electrons. The Bertz CT molecular complexity index is 778. The summed E-state index contributed by atoms with van der Waals surface area (Å²) < 4.78 is 40.2. The molecule has 22 heavy (non-hydrogen) atoms. The SMILES string of the molecule is N[C@H](c1ccc(OC(F)(F)F)cc1)c1ccc2cc[nH]c2c1. The molecule has 114 valence electrons. The van der Waals surface area contributed by atoms with Gasteiger partial charge in [-0.25, -0.2) is 0 Å². The Balaban J connectivity index is 1.83. The van der Waals surface area contributed by atoms with Gasteiger partial charge in [-0.2, -0.15) is 0 Å². The quantitative estimate of drug-likeness (QED) is 0.765. The van der Waals surface area contributed by atoms with E-state index in [2.05, 4.69) is 9.72 Å². The molecular formula is C16H13F3N2O. The van der Waals surface area contributed by atoms with Crippen molar-refractivity contribution in [1.82, 2.24) is 4.98 Å². The molecule has 0 unspecified atom stereocenters. The lowest BCUT2D eigenvalue weighted by Gasteiger charge is -2.14. The summed E-state index contributed by atoms with van der Waals surface area (Å²) in [5.74, 6) is -0.261. The lowest BCUT2D eigenvalue weighted by molar-refractivity contribution is -0.274. The van der Waals surface area contributed by atoms with Crippen LogP contribution < -0.4 is 10.5 Å². The number of nitrogens with two attached hydrogens (primary N) is 1. The van der Waals surface area contributed by atoms with E-state index in [0.717, 1.165) is 16.5 Å². The molecule has 0 fully saturated rings. The number of alkyl halides is 3. The molecule has 3 rings (SSSR count). The number of halogens is 3. The van der Waals surface area contributed by atoms with Crippen molar-refractivity contribution >= 4 is 10.9 Å². The highest BCUT2D eigenvalue weighted by atomic mass is 19.4. The van der Waals surface area contributed by atoms with Gasteiger partial charge in [0.05, 0.1) is 6.04 Å². The van der Waals surface area contributed by atoms with Crippen molar-refractivity contribution in [2.24, 2.45) is 5.73 Å². The van der Waals surface area contributed by atoms with Crippen molar-refractivity contribution in [2.75, 3.05) is 0 Å². The number of ether oxygens (including phenoxy) is 1. The van der Waals surface area contributed by atoms with Crippen LogP contribution in [0.3, 0.4) is 0 Å². The van der Waals surface area contributed by atoms with Crippen LogP contribution in [0, 0.1) is 0 Å². The predicted octanol–water partition coefficient (Wildman–Crippen LogP) is 4.11. The van der Waals surface area contributed by atoms with Gasteiger partial charge in [-0.05, 0) is 40.8 Å². The summed E-state index contributed by atoms with van der Waals surface area (Å²) in [6.07, 6.45) is -2.86. The van der Waals surface area contributed by atoms with E-state index < -0.39 is 12.4 Å². The summed E-state index contributed by atoms with van der Waals surface area (Å²) in [6, 6.07) is 12.9. The van der Waals surface area contributed by atoms with E-state index in [9.17, 15) is 13.2 Å². The molecule has 0 aliphatic rings. The molecule has 2 aromatic carbocycles. The van der Waals surface area contributed by atoms with Gasteiger partial charge >= 0.3 is 6.36 Å². The van der Waals surface area contributed by atoms with E-state index in [4.69, 9.17) is 5.73 Å². The standard InChI is InChI=1S/C16H13F3N2O/c17-16(18,19)22-13-5-3-11(4-6-13)15(20)12-2-1-10-7-8-21-14(10)9-12/h1-9,15,21H,20H2/t15-/m1/s1. The molecule has 6 heteroatoms. The minimum Gasteiger partial charge on any atom is -0.406 e. The zero-order valence-electron chi connectivity index (χ0n) is 11.4. The summed E-state index contributed by atoms with van der Waals surface area (Å²) in [6.45, 7) is 0. The van der Waals surface area contributed by atoms with Gasteiger partial charge in [0.25, 0.3) is 0 Å². The normalized spacial score (nSPS) is 13.3. The molecule has 0 saturated heterocycles. The van der Waals surface area contributed by atoms with Gasteiger partial charge in [-0.15, -0.1) is 13.2 Å². The maximum Gasteiger partial charge on any atom is 0.573 e. The average molecular weight is 306 g/mol. The minimum atomic E-state index is -4.69. The van der Waals surface area contributed by atoms with Crippen LogP contribution in [0.25, 0.3) is 10.9 Å². The molecule has 0 bridgehead atoms. The second kappa shape index (κ2) is 5.38. The molecule has 0 aliphatic heterocycles. The topological polar surface area (TPSA) is 51.0 Å². The molecule has 0 aliphatic carbocycles. The molecular weight excluding hydrogens is 293 g/mol. The number of fused-ring (bicyclic) bond motifs is 1. The van der Waals surface area contributed by atoms with E-state index in [-0.39, 0.29) is 5.75 Å². The number of nitrogens with one attached hydrogen (secondary N) is 1. The zero-order chi connectivity index (χ0) is 15.7. The first-order chi connectivity index (χ1) is 10.4. The Kier molecular flexibility index (Phi) is 3.54. The first-order valence-electron chi connectivity index (χ1n) is 6.61. The van der Waals surface area contributed by atoms with Gasteiger partial charge in [-0.1, -0.05) is 24.3 Å². The highest BCUT2D eigenvalue weighted by Gasteiger charge is 2.31. The number of H-pyrrole nitrogens is 1. The molecule has 0 spiro atoms. The molecule has 1 aromatic heterocycles. The van der Waals surface area contributed by atoms with E-state index in [1.54, 1.807) is 0 Å². The monoisotopic (exact) mass is 306 g/mol. The van der Waals surface area contributed by atoms with Gasteiger partial charge < -0.3 is 15.5 Å². The fraction of sp³-hybridized carbons (Fsp3) is 0.125. The van der Waals surface area contributed by atoms with Crippen molar-refractivity contribution in [2.45, 2.75) is 12.4 Å². The van der Waals surface area contributed by atoms with Gasteiger partial charge in [0, 0.05) is 11.7 Å². The molecule has 1 atom stereocenters. The third kappa shape index (κ3) is 3.07. The van der Waals surface area contributed by atoms with Crippen molar-refractivity contribution in [1.29, 1.82) is 0 Å². The predicted molar refractivity (Wildman–Crippen MR) is 77.5 cm³/mol. The highest BCUT2D eigenvalue weighted by Crippen LogP contribution is 2.27. The van der Waals surface area contributed by atoms with E-state index in [0.29, 0.717) is 5.56 Å². The third-order valence-corrected chi connectivity index (χ3v) is 3.41. The second-order valence-corrected chi connectivity index (χ2v) is 4.92. The Morgan fingerprint density at radius 1 is 0.955 bits per heavy atom. The first kappa shape index (κ1) is 14.5. The number of hydrogen-bond acceptors (Lipinski definition) is 2. The number of benzene rings is 2. The van der Waals surface area contributed by atoms with E-state index in [1.807, 2.05) is 30.5 Å². The summed E-state index contributed by atoms with van der Waals surface area (Å²) >= 11 is 0. The molecule has 1 heterocycles. The highest BCUT2D eigenvalue weighted by molar-refractivity contribution is 5.80. The Morgan fingerprint density at radius 2 is 1.64 bits per heavy atom. The summed E-state index contributed by atoms with van der Waals surface area (Å²) in [5.41, 5.74) is 8.72. The Morgan fingerprint density at radius 3 is 2.32 bits per heavy atom. The number of rotatable bonds is 3. The summed E-state index contributed by atoms with van der Waals surface area (Å²) in [5, 5.41) is 1.07. The Labute approximate surface area is 124 Å². The van der Waals surface area contributed by atoms with Crippen molar-refractivity contribution in [3.63, 3.8) is 0 Å². The van der Waals surface area contributed by atoms with Crippen LogP contribution in [-0.4, -0.2) is 11.3 Å². The van der Waals surface area contributed by atoms with Crippen LogP contribution in [0.1, 0.15) is 17.2 Å². The lowest BCUT2D eigenvalue weighted by atomic mass is 9.99. The van der Waals surface area contributed by atoms with Crippen LogP contribution in [0.2, 0.25) is 0 Å². The van der Waals surface area contributed by atoms with Crippen LogP contribution in [0.15, 0.2) is 54.7 Å². The molecule has 3 aromatic rings. The lowest BCUT2D eigenvalue weighted by Crippen LogP contribution is -2.17. The van der Waals surface area contributed by atoms with Crippen LogP contribution in [-0.2, 0) is 0 Å². The molecule has 3 N–H and O–H groups in total. The molecule has 3 nitrogen and oxygen atoms in total. The number of aromatic amines is 1. The van der Waals surface area contributed by atoms with Crippen molar-refractivity contribution in [3.05, 3.63) is 65.9 Å². The minimum absolute atomic E-state index is 0.261. The van der Waals surface area contributed by atoms with Gasteiger partial charge in [0.1, 0.15) is 5.75 Å². The van der Waals surface area contributed by atoms with Crippen molar-refractivity contribution < 1.29 is 17.9 Å². The fourth-order valence-corrected chi connectivity index (χ4v) is 2.33.